The highest BCUT2D eigenvalue weighted by Crippen LogP contribution is 2.35. The summed E-state index contributed by atoms with van der Waals surface area (Å²) < 4.78 is 0. The lowest BCUT2D eigenvalue weighted by Crippen LogP contribution is -2.25. The molecule has 3 unspecified atom stereocenters. The maximum atomic E-state index is 8.79. The summed E-state index contributed by atoms with van der Waals surface area (Å²) in [6.45, 7) is 4.53. The molecule has 1 aliphatic carbocycles. The minimum Gasteiger partial charge on any atom is -0.351 e. The van der Waals surface area contributed by atoms with E-state index in [9.17, 15) is 0 Å². The van der Waals surface area contributed by atoms with Crippen LogP contribution < -0.4 is 5.32 Å². The topological polar surface area (TPSA) is 61.6 Å². The number of nitrogens with one attached hydrogen (secondary N) is 1. The van der Waals surface area contributed by atoms with Crippen molar-refractivity contribution in [2.75, 3.05) is 5.32 Å². The first-order valence-corrected chi connectivity index (χ1v) is 6.24. The van der Waals surface area contributed by atoms with Crippen LogP contribution in [0.1, 0.15) is 38.8 Å². The summed E-state index contributed by atoms with van der Waals surface area (Å²) in [6, 6.07) is 4.09. The molecule has 1 aromatic rings. The van der Waals surface area contributed by atoms with Gasteiger partial charge >= 0.3 is 0 Å². The second-order valence-electron chi connectivity index (χ2n) is 4.73. The van der Waals surface area contributed by atoms with E-state index in [4.69, 9.17) is 5.26 Å². The van der Waals surface area contributed by atoms with Gasteiger partial charge in [0, 0.05) is 12.2 Å². The Morgan fingerprint density at radius 2 is 2.35 bits per heavy atom. The number of aromatic nitrogens is 2. The summed E-state index contributed by atoms with van der Waals surface area (Å²) in [5, 5.41) is 12.1. The minimum atomic E-state index is 0.417. The molecule has 3 atom stereocenters. The molecule has 1 heterocycles. The van der Waals surface area contributed by atoms with Crippen LogP contribution in [-0.2, 0) is 0 Å². The Labute approximate surface area is 102 Å². The van der Waals surface area contributed by atoms with E-state index in [1.807, 2.05) is 6.07 Å². The molecule has 4 heteroatoms. The van der Waals surface area contributed by atoms with Gasteiger partial charge in [0.1, 0.15) is 11.8 Å². The van der Waals surface area contributed by atoms with Crippen molar-refractivity contribution in [3.63, 3.8) is 0 Å². The molecule has 0 aliphatic heterocycles. The molecule has 1 aliphatic rings. The Morgan fingerprint density at radius 3 is 3.00 bits per heavy atom. The van der Waals surface area contributed by atoms with Crippen molar-refractivity contribution in [1.29, 1.82) is 5.26 Å². The first kappa shape index (κ1) is 11.8. The number of anilines is 1. The van der Waals surface area contributed by atoms with Crippen molar-refractivity contribution in [1.82, 2.24) is 9.97 Å². The Bertz CT molecular complexity index is 424. The summed E-state index contributed by atoms with van der Waals surface area (Å²) in [4.78, 5) is 8.32. The van der Waals surface area contributed by atoms with E-state index in [0.29, 0.717) is 23.6 Å². The lowest BCUT2D eigenvalue weighted by Gasteiger charge is -2.20. The molecular formula is C13H18N4. The fourth-order valence-corrected chi connectivity index (χ4v) is 2.68. The molecule has 0 aromatic carbocycles. The molecule has 4 nitrogen and oxygen atoms in total. The largest absolute Gasteiger partial charge is 0.351 e. The molecule has 0 spiro atoms. The van der Waals surface area contributed by atoms with E-state index in [1.165, 1.54) is 19.3 Å². The zero-order valence-corrected chi connectivity index (χ0v) is 10.3. The summed E-state index contributed by atoms with van der Waals surface area (Å²) in [7, 11) is 0. The van der Waals surface area contributed by atoms with Crippen LogP contribution >= 0.6 is 0 Å². The highest BCUT2D eigenvalue weighted by Gasteiger charge is 2.31. The number of hydrogen-bond acceptors (Lipinski definition) is 4. The van der Waals surface area contributed by atoms with Gasteiger partial charge in [0.2, 0.25) is 5.95 Å². The molecule has 0 bridgehead atoms. The van der Waals surface area contributed by atoms with Crippen molar-refractivity contribution >= 4 is 5.95 Å². The van der Waals surface area contributed by atoms with Crippen molar-refractivity contribution in [2.45, 2.75) is 39.2 Å². The molecule has 1 aromatic heterocycles. The van der Waals surface area contributed by atoms with Crippen LogP contribution in [0.4, 0.5) is 5.95 Å². The Morgan fingerprint density at radius 1 is 1.53 bits per heavy atom. The maximum Gasteiger partial charge on any atom is 0.224 e. The van der Waals surface area contributed by atoms with E-state index < -0.39 is 0 Å². The molecule has 90 valence electrons. The maximum absolute atomic E-state index is 8.79. The summed E-state index contributed by atoms with van der Waals surface area (Å²) in [6.07, 6.45) is 5.30. The molecule has 1 fully saturated rings. The van der Waals surface area contributed by atoms with E-state index in [2.05, 4.69) is 29.1 Å². The van der Waals surface area contributed by atoms with Gasteiger partial charge in [-0.15, -0.1) is 0 Å². The predicted molar refractivity (Wildman–Crippen MR) is 66.3 cm³/mol. The molecule has 2 rings (SSSR count). The SMILES string of the molecule is CCC1CCC(Nc2nccc(C#N)n2)C1C. The van der Waals surface area contributed by atoms with Crippen LogP contribution in [0.3, 0.4) is 0 Å². The summed E-state index contributed by atoms with van der Waals surface area (Å²) in [5.41, 5.74) is 0.417. The highest BCUT2D eigenvalue weighted by atomic mass is 15.1. The van der Waals surface area contributed by atoms with Crippen molar-refractivity contribution in [3.8, 4) is 6.07 Å². The smallest absolute Gasteiger partial charge is 0.224 e. The van der Waals surface area contributed by atoms with Crippen LogP contribution in [0.25, 0.3) is 0 Å². The monoisotopic (exact) mass is 230 g/mol. The fraction of sp³-hybridized carbons (Fsp3) is 0.615. The minimum absolute atomic E-state index is 0.417. The fourth-order valence-electron chi connectivity index (χ4n) is 2.68. The van der Waals surface area contributed by atoms with E-state index in [1.54, 1.807) is 12.3 Å². The number of hydrogen-bond donors (Lipinski definition) is 1. The van der Waals surface area contributed by atoms with Gasteiger partial charge in [0.25, 0.3) is 0 Å². The van der Waals surface area contributed by atoms with Crippen LogP contribution in [0.5, 0.6) is 0 Å². The van der Waals surface area contributed by atoms with Crippen molar-refractivity contribution in [2.24, 2.45) is 11.8 Å². The lowest BCUT2D eigenvalue weighted by atomic mass is 9.94. The molecule has 1 saturated carbocycles. The van der Waals surface area contributed by atoms with Crippen molar-refractivity contribution in [3.05, 3.63) is 18.0 Å². The normalized spacial score (nSPS) is 27.7. The van der Waals surface area contributed by atoms with Crippen molar-refractivity contribution < 1.29 is 0 Å². The average Bonchev–Trinajstić information content (AvgIpc) is 2.71. The van der Waals surface area contributed by atoms with Gasteiger partial charge in [-0.2, -0.15) is 5.26 Å². The first-order chi connectivity index (χ1) is 8.24. The zero-order chi connectivity index (χ0) is 12.3. The Hall–Kier alpha value is -1.63. The van der Waals surface area contributed by atoms with E-state index in [0.717, 1.165) is 5.92 Å². The van der Waals surface area contributed by atoms with Gasteiger partial charge in [-0.1, -0.05) is 20.3 Å². The van der Waals surface area contributed by atoms with Gasteiger partial charge in [-0.3, -0.25) is 0 Å². The van der Waals surface area contributed by atoms with E-state index >= 15 is 0 Å². The molecule has 0 saturated heterocycles. The molecular weight excluding hydrogens is 212 g/mol. The van der Waals surface area contributed by atoms with Crippen LogP contribution in [0.2, 0.25) is 0 Å². The van der Waals surface area contributed by atoms with E-state index in [-0.39, 0.29) is 0 Å². The van der Waals surface area contributed by atoms with Gasteiger partial charge in [0.05, 0.1) is 0 Å². The predicted octanol–water partition coefficient (Wildman–Crippen LogP) is 2.58. The van der Waals surface area contributed by atoms with Gasteiger partial charge in [-0.25, -0.2) is 9.97 Å². The third kappa shape index (κ3) is 2.55. The molecule has 0 amide bonds. The zero-order valence-electron chi connectivity index (χ0n) is 10.3. The lowest BCUT2D eigenvalue weighted by molar-refractivity contribution is 0.391. The van der Waals surface area contributed by atoms with Crippen LogP contribution in [0, 0.1) is 23.2 Å². The second-order valence-corrected chi connectivity index (χ2v) is 4.73. The van der Waals surface area contributed by atoms with Crippen LogP contribution in [-0.4, -0.2) is 16.0 Å². The number of rotatable bonds is 3. The number of nitriles is 1. The van der Waals surface area contributed by atoms with Gasteiger partial charge < -0.3 is 5.32 Å². The number of nitrogens with zero attached hydrogens (tertiary/aromatic N) is 3. The quantitative estimate of drug-likeness (QED) is 0.867. The standard InChI is InChI=1S/C13H18N4/c1-3-10-4-5-12(9(10)2)17-13-15-7-6-11(8-14)16-13/h6-7,9-10,12H,3-5H2,1-2H3,(H,15,16,17). The molecule has 17 heavy (non-hydrogen) atoms. The average molecular weight is 230 g/mol. The molecule has 0 radical (unpaired) electrons. The highest BCUT2D eigenvalue weighted by molar-refractivity contribution is 5.31. The molecule has 1 N–H and O–H groups in total. The summed E-state index contributed by atoms with van der Waals surface area (Å²) in [5.74, 6) is 2.03. The van der Waals surface area contributed by atoms with Gasteiger partial charge in [-0.05, 0) is 30.7 Å². The summed E-state index contributed by atoms with van der Waals surface area (Å²) >= 11 is 0. The Balaban J connectivity index is 2.04. The van der Waals surface area contributed by atoms with Crippen LogP contribution in [0.15, 0.2) is 12.3 Å². The third-order valence-corrected chi connectivity index (χ3v) is 3.84. The Kier molecular flexibility index (Phi) is 3.58. The first-order valence-electron chi connectivity index (χ1n) is 6.24. The third-order valence-electron chi connectivity index (χ3n) is 3.84. The second kappa shape index (κ2) is 5.13. The van der Waals surface area contributed by atoms with Gasteiger partial charge in [0.15, 0.2) is 0 Å².